The van der Waals surface area contributed by atoms with Gasteiger partial charge in [0.1, 0.15) is 0 Å². The molecule has 0 unspecified atom stereocenters. The average Bonchev–Trinajstić information content (AvgIpc) is 3.84. The van der Waals surface area contributed by atoms with E-state index in [2.05, 4.69) is 69.8 Å². The maximum atomic E-state index is 14.5. The molecule has 0 bridgehead atoms. The molecule has 0 saturated heterocycles. The molecule has 0 radical (unpaired) electrons. The number of carboxylic acids is 1. The fourth-order valence-corrected chi connectivity index (χ4v) is 13.6. The van der Waals surface area contributed by atoms with Crippen LogP contribution in [0, 0.1) is 0 Å². The Bertz CT molecular complexity index is 3990. The van der Waals surface area contributed by atoms with Crippen LogP contribution in [0.1, 0.15) is 133 Å². The number of benzene rings is 9. The third kappa shape index (κ3) is 10.1. The van der Waals surface area contributed by atoms with Gasteiger partial charge in [0.25, 0.3) is 23.6 Å². The summed E-state index contributed by atoms with van der Waals surface area (Å²) in [5, 5.41) is 12.6. The van der Waals surface area contributed by atoms with Gasteiger partial charge in [-0.2, -0.15) is 0 Å². The highest BCUT2D eigenvalue weighted by molar-refractivity contribution is 6.32. The lowest BCUT2D eigenvalue weighted by atomic mass is 9.82. The van der Waals surface area contributed by atoms with Crippen LogP contribution in [0.25, 0.3) is 21.8 Å². The highest BCUT2D eigenvalue weighted by Crippen LogP contribution is 2.49. The molecular weight excluding hydrogens is 1100 g/mol. The van der Waals surface area contributed by atoms with Gasteiger partial charge >= 0.3 is 5.97 Å². The molecule has 9 aromatic carbocycles. The molecule has 85 heavy (non-hydrogen) atoms. The molecule has 1 N–H and O–H groups in total. The third-order valence-electron chi connectivity index (χ3n) is 17.0. The van der Waals surface area contributed by atoms with E-state index in [0.717, 1.165) is 72.1 Å². The molecule has 0 atom stereocenters. The van der Waals surface area contributed by atoms with Crippen LogP contribution in [0.15, 0.2) is 231 Å². The predicted molar refractivity (Wildman–Crippen MR) is 333 cm³/mol. The van der Waals surface area contributed by atoms with Gasteiger partial charge in [-0.15, -0.1) is 0 Å². The molecule has 12 heteroatoms. The maximum Gasteiger partial charge on any atom is 0.335 e. The van der Waals surface area contributed by atoms with Crippen LogP contribution in [0.5, 0.6) is 0 Å². The molecule has 2 aliphatic rings. The van der Waals surface area contributed by atoms with Crippen LogP contribution in [0.4, 0.5) is 0 Å². The van der Waals surface area contributed by atoms with Crippen molar-refractivity contribution in [2.75, 3.05) is 13.1 Å². The van der Waals surface area contributed by atoms with E-state index in [1.54, 1.807) is 60.7 Å². The molecule has 418 valence electrons. The summed E-state index contributed by atoms with van der Waals surface area (Å²) in [5.41, 5.74) is 12.0. The summed E-state index contributed by atoms with van der Waals surface area (Å²) in [4.78, 5) is 72.7. The van der Waals surface area contributed by atoms with Crippen molar-refractivity contribution in [2.24, 2.45) is 0 Å². The minimum Gasteiger partial charge on any atom is -0.478 e. The molecule has 4 amide bonds. The highest BCUT2D eigenvalue weighted by Gasteiger charge is 2.40. The van der Waals surface area contributed by atoms with Gasteiger partial charge < -0.3 is 14.2 Å². The minimum absolute atomic E-state index is 0.0482. The SMILES string of the molecule is O=C(O)c1ccc(CCCC(c2c(CCN3C(=O)c4ccccc4C3=O)n(C(c3ccccc3)c3ccccc3)c3ccc(Cl)cc23)c2c(CCN3C(=O)c4ccccc4C3=O)n(C(c3ccccc3)c3ccccc3)c3ccc(Cl)cc23)cc1. The molecule has 2 aromatic heterocycles. The summed E-state index contributed by atoms with van der Waals surface area (Å²) in [7, 11) is 0. The van der Waals surface area contributed by atoms with Gasteiger partial charge in [-0.05, 0) is 131 Å². The number of rotatable bonds is 19. The minimum atomic E-state index is -1.01. The van der Waals surface area contributed by atoms with Crippen LogP contribution in [-0.4, -0.2) is 66.7 Å². The number of aromatic nitrogens is 2. The molecule has 11 aromatic rings. The zero-order chi connectivity index (χ0) is 58.3. The van der Waals surface area contributed by atoms with Crippen molar-refractivity contribution >= 4 is 74.6 Å². The number of hydrogen-bond donors (Lipinski definition) is 1. The smallest absolute Gasteiger partial charge is 0.335 e. The van der Waals surface area contributed by atoms with Gasteiger partial charge in [0, 0.05) is 75.1 Å². The second kappa shape index (κ2) is 23.2. The predicted octanol–water partition coefficient (Wildman–Crippen LogP) is 15.7. The first-order chi connectivity index (χ1) is 41.5. The van der Waals surface area contributed by atoms with Gasteiger partial charge in [0.2, 0.25) is 0 Å². The summed E-state index contributed by atoms with van der Waals surface area (Å²) < 4.78 is 4.76. The standard InChI is InChI=1S/C73H56Cl2N4O6/c74-52-36-38-61-59(44-52)65(63(40-42-76-69(80)54-27-13-14-28-55(54)70(76)81)78(61)67(47-19-5-1-6-20-47)48-21-7-2-8-22-48)58(31-17-18-46-32-34-51(35-33-46)73(84)85)66-60-45-53(75)37-39-62(60)79(68(49-23-9-3-10-24-49)50-25-11-4-12-26-50)64(66)41-43-77-71(82)56-29-15-16-30-57(56)72(77)83/h1-16,19-30,32-39,44-45,58,67-68H,17-18,31,40-43H2,(H,84,85). The lowest BCUT2D eigenvalue weighted by Gasteiger charge is -2.28. The fourth-order valence-electron chi connectivity index (χ4n) is 13.2. The summed E-state index contributed by atoms with van der Waals surface area (Å²) >= 11 is 14.6. The Morgan fingerprint density at radius 2 is 0.753 bits per heavy atom. The largest absolute Gasteiger partial charge is 0.478 e. The van der Waals surface area contributed by atoms with Gasteiger partial charge in [-0.3, -0.25) is 29.0 Å². The highest BCUT2D eigenvalue weighted by atomic mass is 35.5. The van der Waals surface area contributed by atoms with Crippen LogP contribution < -0.4 is 0 Å². The number of imide groups is 2. The van der Waals surface area contributed by atoms with Crippen LogP contribution in [0.3, 0.4) is 0 Å². The Hall–Kier alpha value is -9.61. The number of carbonyl (C=O) groups is 5. The topological polar surface area (TPSA) is 122 Å². The van der Waals surface area contributed by atoms with Gasteiger partial charge in [-0.1, -0.05) is 181 Å². The molecule has 0 fully saturated rings. The Morgan fingerprint density at radius 1 is 0.412 bits per heavy atom. The van der Waals surface area contributed by atoms with Gasteiger partial charge in [-0.25, -0.2) is 4.79 Å². The van der Waals surface area contributed by atoms with E-state index in [1.807, 2.05) is 109 Å². The molecule has 2 aliphatic heterocycles. The number of halogens is 2. The maximum absolute atomic E-state index is 14.5. The number of aromatic carboxylic acids is 1. The Balaban J connectivity index is 1.11. The van der Waals surface area contributed by atoms with E-state index < -0.39 is 24.0 Å². The number of carboxylic acid groups (broad SMARTS) is 1. The molecule has 0 saturated carbocycles. The third-order valence-corrected chi connectivity index (χ3v) is 17.4. The first kappa shape index (κ1) is 54.6. The van der Waals surface area contributed by atoms with Crippen LogP contribution >= 0.6 is 23.2 Å². The van der Waals surface area contributed by atoms with E-state index in [4.69, 9.17) is 23.2 Å². The van der Waals surface area contributed by atoms with Crippen LogP contribution in [0.2, 0.25) is 10.0 Å². The van der Waals surface area contributed by atoms with E-state index in [1.165, 1.54) is 9.80 Å². The molecular formula is C73H56Cl2N4O6. The van der Waals surface area contributed by atoms with E-state index in [9.17, 15) is 29.1 Å². The first-order valence-electron chi connectivity index (χ1n) is 28.6. The number of nitrogens with zero attached hydrogens (tertiary/aromatic N) is 4. The summed E-state index contributed by atoms with van der Waals surface area (Å²) in [6.45, 7) is 0.0965. The van der Waals surface area contributed by atoms with Crippen molar-refractivity contribution < 1.29 is 29.1 Å². The van der Waals surface area contributed by atoms with Crippen LogP contribution in [-0.2, 0) is 19.3 Å². The van der Waals surface area contributed by atoms with Crippen molar-refractivity contribution in [1.29, 1.82) is 0 Å². The average molecular weight is 1160 g/mol. The second-order valence-electron chi connectivity index (χ2n) is 21.8. The fraction of sp³-hybridized carbons (Fsp3) is 0.137. The monoisotopic (exact) mass is 1150 g/mol. The van der Waals surface area contributed by atoms with Crippen molar-refractivity contribution in [3.63, 3.8) is 0 Å². The van der Waals surface area contributed by atoms with Gasteiger partial charge in [0.05, 0.1) is 39.9 Å². The van der Waals surface area contributed by atoms with Gasteiger partial charge in [0.15, 0.2) is 0 Å². The molecule has 0 spiro atoms. The van der Waals surface area contributed by atoms with Crippen molar-refractivity contribution in [3.8, 4) is 0 Å². The number of aryl methyl sites for hydroxylation is 1. The molecule has 10 nitrogen and oxygen atoms in total. The Labute approximate surface area is 501 Å². The molecule has 13 rings (SSSR count). The molecule has 4 heterocycles. The van der Waals surface area contributed by atoms with E-state index >= 15 is 0 Å². The lowest BCUT2D eigenvalue weighted by Crippen LogP contribution is -2.33. The molecule has 0 aliphatic carbocycles. The second-order valence-corrected chi connectivity index (χ2v) is 22.7. The Morgan fingerprint density at radius 3 is 1.09 bits per heavy atom. The Kier molecular flexibility index (Phi) is 14.9. The van der Waals surface area contributed by atoms with E-state index in [0.29, 0.717) is 51.6 Å². The number of carbonyl (C=O) groups excluding carboxylic acids is 4. The van der Waals surface area contributed by atoms with Crippen molar-refractivity contribution in [2.45, 2.75) is 50.1 Å². The number of hydrogen-bond acceptors (Lipinski definition) is 5. The number of amides is 4. The van der Waals surface area contributed by atoms with E-state index in [-0.39, 0.29) is 55.1 Å². The normalized spacial score (nSPS) is 13.1. The van der Waals surface area contributed by atoms with Crippen molar-refractivity contribution in [3.05, 3.63) is 319 Å². The summed E-state index contributed by atoms with van der Waals surface area (Å²) in [6, 6.07) is 73.4. The number of fused-ring (bicyclic) bond motifs is 4. The summed E-state index contributed by atoms with van der Waals surface area (Å²) in [6.07, 6.45) is 2.17. The van der Waals surface area contributed by atoms with Crippen molar-refractivity contribution in [1.82, 2.24) is 18.9 Å². The zero-order valence-electron chi connectivity index (χ0n) is 46.2. The first-order valence-corrected chi connectivity index (χ1v) is 29.4. The quantitative estimate of drug-likeness (QED) is 0.0805. The zero-order valence-corrected chi connectivity index (χ0v) is 47.7. The lowest BCUT2D eigenvalue weighted by molar-refractivity contribution is 0.0640. The summed E-state index contributed by atoms with van der Waals surface area (Å²) in [5.74, 6) is -2.96.